The number of aryl methyl sites for hydroxylation is 1. The van der Waals surface area contributed by atoms with Gasteiger partial charge >= 0.3 is 0 Å². The molecule has 2 amide bonds. The summed E-state index contributed by atoms with van der Waals surface area (Å²) in [6.45, 7) is 21.6. The van der Waals surface area contributed by atoms with Gasteiger partial charge in [-0.1, -0.05) is 69.7 Å². The number of carbonyl (C=O) groups excluding carboxylic acids is 2. The average Bonchev–Trinajstić information content (AvgIpc) is 3.13. The molecular formula is C40H57N7O2. The van der Waals surface area contributed by atoms with Crippen molar-refractivity contribution in [3.63, 3.8) is 0 Å². The highest BCUT2D eigenvalue weighted by Crippen LogP contribution is 2.27. The van der Waals surface area contributed by atoms with Crippen LogP contribution in [0.15, 0.2) is 71.8 Å². The summed E-state index contributed by atoms with van der Waals surface area (Å²) in [6, 6.07) is 21.5. The third-order valence-corrected chi connectivity index (χ3v) is 9.52. The van der Waals surface area contributed by atoms with Gasteiger partial charge < -0.3 is 20.0 Å². The van der Waals surface area contributed by atoms with E-state index in [1.807, 2.05) is 67.6 Å². The number of hydrazone groups is 1. The van der Waals surface area contributed by atoms with Crippen LogP contribution in [-0.2, 0) is 6.54 Å². The van der Waals surface area contributed by atoms with Crippen LogP contribution in [0.3, 0.4) is 0 Å². The van der Waals surface area contributed by atoms with Crippen LogP contribution in [0.4, 0.5) is 11.4 Å². The number of nitrogens with one attached hydrogen (secondary N) is 2. The number of likely N-dealkylation sites (N-methyl/N-ethyl adjacent to an activating group) is 2. The molecule has 0 spiro atoms. The predicted octanol–water partition coefficient (Wildman–Crippen LogP) is 6.49. The summed E-state index contributed by atoms with van der Waals surface area (Å²) in [5, 5.41) is 7.27. The number of hydrogen-bond donors (Lipinski definition) is 2. The van der Waals surface area contributed by atoms with Crippen molar-refractivity contribution in [2.75, 3.05) is 75.7 Å². The van der Waals surface area contributed by atoms with Crippen LogP contribution in [0.5, 0.6) is 0 Å². The number of carbonyl (C=O) groups is 2. The molecule has 0 aromatic heterocycles. The fourth-order valence-electron chi connectivity index (χ4n) is 6.23. The van der Waals surface area contributed by atoms with Crippen molar-refractivity contribution < 1.29 is 9.59 Å². The minimum Gasteiger partial charge on any atom is -0.372 e. The molecule has 1 aliphatic heterocycles. The summed E-state index contributed by atoms with van der Waals surface area (Å²) in [6.07, 6.45) is 5.09. The number of hydrogen-bond acceptors (Lipinski definition) is 7. The molecule has 2 N–H and O–H groups in total. The number of anilines is 2. The molecule has 9 heteroatoms. The monoisotopic (exact) mass is 667 g/mol. The Morgan fingerprint density at radius 2 is 1.39 bits per heavy atom. The first-order valence-corrected chi connectivity index (χ1v) is 18.2. The zero-order chi connectivity index (χ0) is 35.0. The predicted molar refractivity (Wildman–Crippen MR) is 204 cm³/mol. The lowest BCUT2D eigenvalue weighted by Crippen LogP contribution is -2.39. The van der Waals surface area contributed by atoms with Gasteiger partial charge in [0.15, 0.2) is 0 Å². The highest BCUT2D eigenvalue weighted by atomic mass is 16.2. The first-order chi connectivity index (χ1) is 23.8. The van der Waals surface area contributed by atoms with Crippen LogP contribution in [0.2, 0.25) is 0 Å². The standard InChI is InChI=1S/C40H57N7O2/c1-6-44(7-2)24-26-46(27-25-45(8-3)9-4)31-34-14-13-15-35(28-34)39(48)42-38-21-20-36(47-22-11-10-12-23-47)29-37(38)40(49)43-41-30-33-18-16-32(5)17-19-33/h13-21,28-30H,6-12,22-27,31H2,1-5H3,(H,42,48)(H,43,49). The first-order valence-electron chi connectivity index (χ1n) is 18.2. The Bertz CT molecular complexity index is 1480. The zero-order valence-electron chi connectivity index (χ0n) is 30.4. The van der Waals surface area contributed by atoms with Gasteiger partial charge in [0, 0.05) is 57.1 Å². The minimum atomic E-state index is -0.372. The molecule has 1 heterocycles. The van der Waals surface area contributed by atoms with Gasteiger partial charge in [-0.2, -0.15) is 5.10 Å². The van der Waals surface area contributed by atoms with Gasteiger partial charge in [0.1, 0.15) is 0 Å². The largest absolute Gasteiger partial charge is 0.372 e. The van der Waals surface area contributed by atoms with Crippen molar-refractivity contribution in [3.8, 4) is 0 Å². The molecule has 3 aromatic rings. The molecule has 0 radical (unpaired) electrons. The molecule has 1 saturated heterocycles. The highest BCUT2D eigenvalue weighted by molar-refractivity contribution is 6.09. The summed E-state index contributed by atoms with van der Waals surface area (Å²) >= 11 is 0. The average molecular weight is 668 g/mol. The van der Waals surface area contributed by atoms with Gasteiger partial charge in [-0.3, -0.25) is 14.5 Å². The Hall–Kier alpha value is -4.05. The van der Waals surface area contributed by atoms with E-state index < -0.39 is 0 Å². The van der Waals surface area contributed by atoms with E-state index >= 15 is 0 Å². The molecule has 0 unspecified atom stereocenters. The Kier molecular flexibility index (Phi) is 15.3. The molecular weight excluding hydrogens is 610 g/mol. The van der Waals surface area contributed by atoms with Gasteiger partial charge in [-0.05, 0) is 93.8 Å². The lowest BCUT2D eigenvalue weighted by molar-refractivity contribution is 0.0956. The van der Waals surface area contributed by atoms with Crippen molar-refractivity contribution in [1.82, 2.24) is 20.1 Å². The number of amides is 2. The molecule has 0 aliphatic carbocycles. The van der Waals surface area contributed by atoms with E-state index in [4.69, 9.17) is 0 Å². The molecule has 1 fully saturated rings. The summed E-state index contributed by atoms with van der Waals surface area (Å²) < 4.78 is 0. The molecule has 0 atom stereocenters. The van der Waals surface area contributed by atoms with E-state index in [9.17, 15) is 9.59 Å². The fourth-order valence-corrected chi connectivity index (χ4v) is 6.23. The van der Waals surface area contributed by atoms with Gasteiger partial charge in [-0.15, -0.1) is 0 Å². The Labute approximate surface area is 294 Å². The van der Waals surface area contributed by atoms with Crippen LogP contribution >= 0.6 is 0 Å². The second-order valence-electron chi connectivity index (χ2n) is 12.9. The van der Waals surface area contributed by atoms with E-state index in [1.54, 1.807) is 6.21 Å². The van der Waals surface area contributed by atoms with E-state index in [2.05, 4.69) is 69.2 Å². The van der Waals surface area contributed by atoms with Crippen LogP contribution in [0, 0.1) is 6.92 Å². The summed E-state index contributed by atoms with van der Waals surface area (Å²) in [7, 11) is 0. The van der Waals surface area contributed by atoms with Gasteiger partial charge in [0.25, 0.3) is 11.8 Å². The number of piperidine rings is 1. The third kappa shape index (κ3) is 11.8. The van der Waals surface area contributed by atoms with E-state index in [0.29, 0.717) is 16.8 Å². The molecule has 0 saturated carbocycles. The van der Waals surface area contributed by atoms with Crippen molar-refractivity contribution in [3.05, 3.63) is 94.5 Å². The third-order valence-electron chi connectivity index (χ3n) is 9.52. The molecule has 3 aromatic carbocycles. The van der Waals surface area contributed by atoms with Crippen LogP contribution in [0.25, 0.3) is 0 Å². The second-order valence-corrected chi connectivity index (χ2v) is 12.9. The number of nitrogens with zero attached hydrogens (tertiary/aromatic N) is 5. The van der Waals surface area contributed by atoms with Crippen LogP contribution in [0.1, 0.15) is 84.4 Å². The Morgan fingerprint density at radius 1 is 0.755 bits per heavy atom. The number of rotatable bonds is 18. The maximum atomic E-state index is 13.7. The van der Waals surface area contributed by atoms with Crippen molar-refractivity contribution in [2.24, 2.45) is 5.10 Å². The van der Waals surface area contributed by atoms with Crippen LogP contribution < -0.4 is 15.6 Å². The molecule has 4 rings (SSSR count). The molecule has 0 bridgehead atoms. The van der Waals surface area contributed by atoms with Crippen molar-refractivity contribution >= 4 is 29.4 Å². The molecule has 1 aliphatic rings. The fraction of sp³-hybridized carbons (Fsp3) is 0.475. The van der Waals surface area contributed by atoms with Crippen molar-refractivity contribution in [1.29, 1.82) is 0 Å². The van der Waals surface area contributed by atoms with E-state index in [1.165, 1.54) is 6.42 Å². The first kappa shape index (κ1) is 37.8. The van der Waals surface area contributed by atoms with E-state index in [0.717, 1.165) is 107 Å². The maximum absolute atomic E-state index is 13.7. The SMILES string of the molecule is CCN(CC)CCN(CCN(CC)CC)Cc1cccc(C(=O)Nc2ccc(N3CCCCC3)cc2C(=O)NN=Cc2ccc(C)cc2)c1. The molecule has 9 nitrogen and oxygen atoms in total. The maximum Gasteiger partial charge on any atom is 0.273 e. The zero-order valence-corrected chi connectivity index (χ0v) is 30.4. The minimum absolute atomic E-state index is 0.248. The lowest BCUT2D eigenvalue weighted by atomic mass is 10.1. The summed E-state index contributed by atoms with van der Waals surface area (Å²) in [5.74, 6) is -0.620. The topological polar surface area (TPSA) is 83.5 Å². The van der Waals surface area contributed by atoms with Crippen molar-refractivity contribution in [2.45, 2.75) is 60.4 Å². The Morgan fingerprint density at radius 3 is 2.02 bits per heavy atom. The number of benzene rings is 3. The second kappa shape index (κ2) is 19.8. The Balaban J connectivity index is 1.51. The normalized spacial score (nSPS) is 13.5. The quantitative estimate of drug-likeness (QED) is 0.119. The summed E-state index contributed by atoms with van der Waals surface area (Å²) in [5.41, 5.74) is 8.20. The molecule has 264 valence electrons. The molecule has 49 heavy (non-hydrogen) atoms. The van der Waals surface area contributed by atoms with E-state index in [-0.39, 0.29) is 11.8 Å². The smallest absolute Gasteiger partial charge is 0.273 e. The van der Waals surface area contributed by atoms with Gasteiger partial charge in [0.05, 0.1) is 17.5 Å². The summed E-state index contributed by atoms with van der Waals surface area (Å²) in [4.78, 5) is 36.9. The van der Waals surface area contributed by atoms with Crippen LogP contribution in [-0.4, -0.2) is 98.2 Å². The highest BCUT2D eigenvalue weighted by Gasteiger charge is 2.19. The lowest BCUT2D eigenvalue weighted by Gasteiger charge is -2.29. The van der Waals surface area contributed by atoms with Gasteiger partial charge in [-0.25, -0.2) is 5.43 Å². The van der Waals surface area contributed by atoms with Gasteiger partial charge in [0.2, 0.25) is 0 Å².